The average molecular weight is 267 g/mol. The number of carboxylic acid groups (broad SMARTS) is 1. The van der Waals surface area contributed by atoms with Crippen molar-refractivity contribution in [2.45, 2.75) is 39.5 Å². The predicted molar refractivity (Wildman–Crippen MR) is 71.4 cm³/mol. The Morgan fingerprint density at radius 2 is 1.79 bits per heavy atom. The predicted octanol–water partition coefficient (Wildman–Crippen LogP) is 3.02. The summed E-state index contributed by atoms with van der Waals surface area (Å²) in [6.45, 7) is 5.49. The molecule has 1 heterocycles. The van der Waals surface area contributed by atoms with Crippen molar-refractivity contribution in [3.05, 3.63) is 23.7 Å². The van der Waals surface area contributed by atoms with Crippen LogP contribution in [-0.2, 0) is 0 Å². The molecule has 0 saturated heterocycles. The van der Waals surface area contributed by atoms with E-state index >= 15 is 0 Å². The Balaban J connectivity index is 2.75. The van der Waals surface area contributed by atoms with E-state index in [1.807, 2.05) is 0 Å². The molecule has 106 valence electrons. The Morgan fingerprint density at radius 3 is 2.21 bits per heavy atom. The number of amides is 1. The van der Waals surface area contributed by atoms with Gasteiger partial charge in [-0.1, -0.05) is 26.7 Å². The molecule has 1 aromatic heterocycles. The van der Waals surface area contributed by atoms with E-state index in [4.69, 9.17) is 9.52 Å². The second-order valence-electron chi connectivity index (χ2n) is 4.50. The first kappa shape index (κ1) is 15.3. The molecule has 1 amide bonds. The van der Waals surface area contributed by atoms with E-state index in [2.05, 4.69) is 13.8 Å². The van der Waals surface area contributed by atoms with Crippen LogP contribution in [0.5, 0.6) is 0 Å². The standard InChI is InChI=1S/C14H21NO4/c1-3-5-7-15(8-6-4-2)13(16)12-9-11(10-19-12)14(17)18/h9-10H,3-8H2,1-2H3,(H,17,18). The van der Waals surface area contributed by atoms with Gasteiger partial charge in [-0.2, -0.15) is 0 Å². The number of unbranched alkanes of at least 4 members (excludes halogenated alkanes) is 2. The highest BCUT2D eigenvalue weighted by molar-refractivity contribution is 5.95. The van der Waals surface area contributed by atoms with Crippen molar-refractivity contribution in [1.82, 2.24) is 4.90 Å². The lowest BCUT2D eigenvalue weighted by molar-refractivity contribution is 0.0693. The molecule has 5 heteroatoms. The van der Waals surface area contributed by atoms with Gasteiger partial charge in [0.25, 0.3) is 5.91 Å². The van der Waals surface area contributed by atoms with Crippen LogP contribution >= 0.6 is 0 Å². The summed E-state index contributed by atoms with van der Waals surface area (Å²) in [4.78, 5) is 24.7. The molecule has 5 nitrogen and oxygen atoms in total. The maximum atomic E-state index is 12.2. The van der Waals surface area contributed by atoms with Crippen LogP contribution in [0.3, 0.4) is 0 Å². The van der Waals surface area contributed by atoms with Gasteiger partial charge in [0, 0.05) is 19.2 Å². The van der Waals surface area contributed by atoms with Gasteiger partial charge in [-0.25, -0.2) is 4.79 Å². The van der Waals surface area contributed by atoms with Gasteiger partial charge in [-0.15, -0.1) is 0 Å². The zero-order valence-corrected chi connectivity index (χ0v) is 11.5. The molecular weight excluding hydrogens is 246 g/mol. The van der Waals surface area contributed by atoms with Crippen molar-refractivity contribution in [1.29, 1.82) is 0 Å². The number of rotatable bonds is 8. The Bertz CT molecular complexity index is 417. The van der Waals surface area contributed by atoms with Gasteiger partial charge in [0.1, 0.15) is 6.26 Å². The van der Waals surface area contributed by atoms with Crippen LogP contribution in [0.2, 0.25) is 0 Å². The van der Waals surface area contributed by atoms with Crippen molar-refractivity contribution >= 4 is 11.9 Å². The molecule has 19 heavy (non-hydrogen) atoms. The molecule has 1 rings (SSSR count). The largest absolute Gasteiger partial charge is 0.478 e. The molecule has 0 aliphatic carbocycles. The summed E-state index contributed by atoms with van der Waals surface area (Å²) in [5.41, 5.74) is 0.00860. The number of aromatic carboxylic acids is 1. The van der Waals surface area contributed by atoms with E-state index in [9.17, 15) is 9.59 Å². The van der Waals surface area contributed by atoms with Gasteiger partial charge >= 0.3 is 5.97 Å². The van der Waals surface area contributed by atoms with E-state index in [1.165, 1.54) is 6.07 Å². The Kier molecular flexibility index (Phi) is 6.12. The van der Waals surface area contributed by atoms with E-state index in [0.29, 0.717) is 13.1 Å². The molecule has 0 bridgehead atoms. The highest BCUT2D eigenvalue weighted by Gasteiger charge is 2.20. The fourth-order valence-corrected chi connectivity index (χ4v) is 1.73. The topological polar surface area (TPSA) is 70.8 Å². The number of carboxylic acids is 1. The van der Waals surface area contributed by atoms with Crippen LogP contribution in [0, 0.1) is 0 Å². The first-order valence-electron chi connectivity index (χ1n) is 6.71. The average Bonchev–Trinajstić information content (AvgIpc) is 2.88. The van der Waals surface area contributed by atoms with Gasteiger partial charge in [0.05, 0.1) is 5.56 Å². The number of nitrogens with zero attached hydrogens (tertiary/aromatic N) is 1. The Morgan fingerprint density at radius 1 is 1.21 bits per heavy atom. The molecule has 1 aromatic rings. The minimum Gasteiger partial charge on any atom is -0.478 e. The summed E-state index contributed by atoms with van der Waals surface area (Å²) in [5, 5.41) is 8.82. The number of hydrogen-bond acceptors (Lipinski definition) is 3. The summed E-state index contributed by atoms with van der Waals surface area (Å²) in [6, 6.07) is 1.29. The maximum absolute atomic E-state index is 12.2. The van der Waals surface area contributed by atoms with E-state index in [0.717, 1.165) is 31.9 Å². The van der Waals surface area contributed by atoms with Crippen molar-refractivity contribution < 1.29 is 19.1 Å². The van der Waals surface area contributed by atoms with Crippen LogP contribution in [0.4, 0.5) is 0 Å². The van der Waals surface area contributed by atoms with Crippen LogP contribution in [0.25, 0.3) is 0 Å². The van der Waals surface area contributed by atoms with Crippen molar-refractivity contribution in [3.8, 4) is 0 Å². The number of carbonyl (C=O) groups excluding carboxylic acids is 1. The monoisotopic (exact) mass is 267 g/mol. The fourth-order valence-electron chi connectivity index (χ4n) is 1.73. The second-order valence-corrected chi connectivity index (χ2v) is 4.50. The Labute approximate surface area is 113 Å². The lowest BCUT2D eigenvalue weighted by Gasteiger charge is -2.21. The molecule has 0 radical (unpaired) electrons. The summed E-state index contributed by atoms with van der Waals surface area (Å²) >= 11 is 0. The lowest BCUT2D eigenvalue weighted by Crippen LogP contribution is -2.32. The lowest BCUT2D eigenvalue weighted by atomic mass is 10.2. The highest BCUT2D eigenvalue weighted by atomic mass is 16.4. The second kappa shape index (κ2) is 7.61. The van der Waals surface area contributed by atoms with Crippen molar-refractivity contribution in [2.24, 2.45) is 0 Å². The van der Waals surface area contributed by atoms with Crippen molar-refractivity contribution in [2.75, 3.05) is 13.1 Å². The normalized spacial score (nSPS) is 10.4. The van der Waals surface area contributed by atoms with Gasteiger partial charge in [0.2, 0.25) is 0 Å². The third kappa shape index (κ3) is 4.43. The molecule has 0 saturated carbocycles. The molecule has 0 aliphatic rings. The zero-order chi connectivity index (χ0) is 14.3. The van der Waals surface area contributed by atoms with Gasteiger partial charge in [0.15, 0.2) is 5.76 Å². The van der Waals surface area contributed by atoms with Crippen molar-refractivity contribution in [3.63, 3.8) is 0 Å². The molecule has 0 atom stereocenters. The van der Waals surface area contributed by atoms with E-state index in [-0.39, 0.29) is 17.2 Å². The smallest absolute Gasteiger partial charge is 0.338 e. The molecule has 0 spiro atoms. The maximum Gasteiger partial charge on any atom is 0.338 e. The molecule has 0 unspecified atom stereocenters. The zero-order valence-electron chi connectivity index (χ0n) is 11.5. The molecule has 1 N–H and O–H groups in total. The minimum absolute atomic E-state index is 0.00860. The van der Waals surface area contributed by atoms with Crippen LogP contribution < -0.4 is 0 Å². The summed E-state index contributed by atoms with van der Waals surface area (Å²) in [5.74, 6) is -1.21. The molecule has 0 aromatic carbocycles. The number of carbonyl (C=O) groups is 2. The van der Waals surface area contributed by atoms with Gasteiger partial charge in [-0.05, 0) is 12.8 Å². The summed E-state index contributed by atoms with van der Waals surface area (Å²) < 4.78 is 5.06. The number of furan rings is 1. The SMILES string of the molecule is CCCCN(CCCC)C(=O)c1cc(C(=O)O)co1. The summed E-state index contributed by atoms with van der Waals surface area (Å²) in [7, 11) is 0. The first-order chi connectivity index (χ1) is 9.10. The van der Waals surface area contributed by atoms with E-state index in [1.54, 1.807) is 4.90 Å². The van der Waals surface area contributed by atoms with Crippen LogP contribution in [0.15, 0.2) is 16.7 Å². The number of hydrogen-bond donors (Lipinski definition) is 1. The third-order valence-corrected chi connectivity index (χ3v) is 2.91. The minimum atomic E-state index is -1.09. The Hall–Kier alpha value is -1.78. The quantitative estimate of drug-likeness (QED) is 0.786. The molecular formula is C14H21NO4. The van der Waals surface area contributed by atoms with Gasteiger partial charge < -0.3 is 14.4 Å². The molecule has 0 fully saturated rings. The van der Waals surface area contributed by atoms with Crippen LogP contribution in [0.1, 0.15) is 60.4 Å². The fraction of sp³-hybridized carbons (Fsp3) is 0.571. The third-order valence-electron chi connectivity index (χ3n) is 2.91. The van der Waals surface area contributed by atoms with E-state index < -0.39 is 5.97 Å². The summed E-state index contributed by atoms with van der Waals surface area (Å²) in [6.07, 6.45) is 4.99. The molecule has 0 aliphatic heterocycles. The van der Waals surface area contributed by atoms with Crippen LogP contribution in [-0.4, -0.2) is 35.0 Å². The highest BCUT2D eigenvalue weighted by Crippen LogP contribution is 2.12. The van der Waals surface area contributed by atoms with Gasteiger partial charge in [-0.3, -0.25) is 4.79 Å². The first-order valence-corrected chi connectivity index (χ1v) is 6.71.